The second kappa shape index (κ2) is 6.32. The molecule has 132 valence electrons. The van der Waals surface area contributed by atoms with Gasteiger partial charge in [-0.2, -0.15) is 13.2 Å². The predicted molar refractivity (Wildman–Crippen MR) is 93.4 cm³/mol. The number of hydrogen-bond acceptors (Lipinski definition) is 2. The molecule has 0 radical (unpaired) electrons. The van der Waals surface area contributed by atoms with E-state index in [2.05, 4.69) is 21.2 Å². The number of fused-ring (bicyclic) bond motifs is 3. The summed E-state index contributed by atoms with van der Waals surface area (Å²) < 4.78 is 46.2. The first-order valence-corrected chi connectivity index (χ1v) is 9.07. The first-order valence-electron chi connectivity index (χ1n) is 8.28. The Morgan fingerprint density at radius 1 is 1.08 bits per heavy atom. The average molecular weight is 412 g/mol. The van der Waals surface area contributed by atoms with E-state index in [0.717, 1.165) is 34.6 Å². The van der Waals surface area contributed by atoms with E-state index in [4.69, 9.17) is 4.74 Å². The summed E-state index contributed by atoms with van der Waals surface area (Å²) in [7, 11) is 0. The fraction of sp³-hybridized carbons (Fsp3) is 0.368. The first-order chi connectivity index (χ1) is 11.9. The van der Waals surface area contributed by atoms with Crippen LogP contribution in [0.25, 0.3) is 0 Å². The number of halogens is 4. The van der Waals surface area contributed by atoms with Gasteiger partial charge in [0, 0.05) is 28.2 Å². The van der Waals surface area contributed by atoms with E-state index in [1.165, 1.54) is 12.1 Å². The SMILES string of the molecule is FC(F)(F)c1ccc2c(c1)[C@H]1OCCC[C@H]1C(c1ccc(Br)cc1)N2. The summed E-state index contributed by atoms with van der Waals surface area (Å²) in [4.78, 5) is 0. The molecule has 1 saturated heterocycles. The molecule has 0 amide bonds. The maximum Gasteiger partial charge on any atom is 0.416 e. The summed E-state index contributed by atoms with van der Waals surface area (Å²) in [6, 6.07) is 12.0. The predicted octanol–water partition coefficient (Wildman–Crippen LogP) is 6.10. The molecule has 4 rings (SSSR count). The molecule has 1 fully saturated rings. The van der Waals surface area contributed by atoms with Crippen molar-refractivity contribution < 1.29 is 17.9 Å². The molecule has 2 aliphatic rings. The van der Waals surface area contributed by atoms with Crippen LogP contribution >= 0.6 is 15.9 Å². The lowest BCUT2D eigenvalue weighted by molar-refractivity contribution is -0.137. The van der Waals surface area contributed by atoms with E-state index in [-0.39, 0.29) is 18.1 Å². The molecule has 2 aromatic rings. The molecule has 0 saturated carbocycles. The van der Waals surface area contributed by atoms with Crippen LogP contribution in [-0.2, 0) is 10.9 Å². The van der Waals surface area contributed by atoms with E-state index < -0.39 is 11.7 Å². The van der Waals surface area contributed by atoms with Crippen LogP contribution in [0.3, 0.4) is 0 Å². The quantitative estimate of drug-likeness (QED) is 0.611. The van der Waals surface area contributed by atoms with Gasteiger partial charge in [0.05, 0.1) is 17.7 Å². The zero-order valence-electron chi connectivity index (χ0n) is 13.3. The minimum Gasteiger partial charge on any atom is -0.378 e. The van der Waals surface area contributed by atoms with Crippen LogP contribution in [0.2, 0.25) is 0 Å². The van der Waals surface area contributed by atoms with E-state index in [1.54, 1.807) is 0 Å². The molecular weight excluding hydrogens is 395 g/mol. The Morgan fingerprint density at radius 3 is 2.56 bits per heavy atom. The zero-order valence-corrected chi connectivity index (χ0v) is 14.9. The Morgan fingerprint density at radius 2 is 1.84 bits per heavy atom. The van der Waals surface area contributed by atoms with Gasteiger partial charge < -0.3 is 10.1 Å². The van der Waals surface area contributed by atoms with Crippen molar-refractivity contribution >= 4 is 21.6 Å². The molecular formula is C19H17BrF3NO. The number of nitrogens with one attached hydrogen (secondary N) is 1. The van der Waals surface area contributed by atoms with Gasteiger partial charge in [-0.3, -0.25) is 0 Å². The maximum atomic E-state index is 13.1. The fourth-order valence-corrected chi connectivity index (χ4v) is 4.11. The lowest BCUT2D eigenvalue weighted by atomic mass is 9.77. The number of benzene rings is 2. The molecule has 1 unspecified atom stereocenters. The molecule has 2 heterocycles. The van der Waals surface area contributed by atoms with Crippen molar-refractivity contribution in [1.82, 2.24) is 0 Å². The van der Waals surface area contributed by atoms with Gasteiger partial charge in [0.25, 0.3) is 0 Å². The van der Waals surface area contributed by atoms with Gasteiger partial charge in [-0.1, -0.05) is 28.1 Å². The third-order valence-electron chi connectivity index (χ3n) is 5.02. The molecule has 2 aromatic carbocycles. The molecule has 0 aromatic heterocycles. The minimum atomic E-state index is -4.35. The van der Waals surface area contributed by atoms with Gasteiger partial charge >= 0.3 is 6.18 Å². The summed E-state index contributed by atoms with van der Waals surface area (Å²) in [5.41, 5.74) is 1.84. The van der Waals surface area contributed by atoms with Gasteiger partial charge in [0.2, 0.25) is 0 Å². The second-order valence-electron chi connectivity index (χ2n) is 6.57. The number of anilines is 1. The monoisotopic (exact) mass is 411 g/mol. The first kappa shape index (κ1) is 16.9. The molecule has 0 spiro atoms. The Bertz CT molecular complexity index is 775. The van der Waals surface area contributed by atoms with Crippen molar-refractivity contribution in [2.75, 3.05) is 11.9 Å². The molecule has 0 aliphatic carbocycles. The third-order valence-corrected chi connectivity index (χ3v) is 5.55. The molecule has 1 N–H and O–H groups in total. The molecule has 2 nitrogen and oxygen atoms in total. The number of hydrogen-bond donors (Lipinski definition) is 1. The standard InChI is InChI=1S/C19H17BrF3NO/c20-13-6-3-11(4-7-13)17-14-2-1-9-25-18(14)15-10-12(19(21,22)23)5-8-16(15)24-17/h3-8,10,14,17-18,24H,1-2,9H2/t14-,17?,18-/m0/s1. The Labute approximate surface area is 152 Å². The molecule has 6 heteroatoms. The molecule has 2 aliphatic heterocycles. The van der Waals surface area contributed by atoms with Crippen LogP contribution in [0.15, 0.2) is 46.9 Å². The number of alkyl halides is 3. The lowest BCUT2D eigenvalue weighted by Gasteiger charge is -2.43. The van der Waals surface area contributed by atoms with Crippen LogP contribution in [0.4, 0.5) is 18.9 Å². The van der Waals surface area contributed by atoms with Gasteiger partial charge in [-0.15, -0.1) is 0 Å². The largest absolute Gasteiger partial charge is 0.416 e. The van der Waals surface area contributed by atoms with E-state index in [9.17, 15) is 13.2 Å². The van der Waals surface area contributed by atoms with Crippen molar-refractivity contribution in [3.63, 3.8) is 0 Å². The van der Waals surface area contributed by atoms with Gasteiger partial charge in [0.1, 0.15) is 0 Å². The Balaban J connectivity index is 1.76. The van der Waals surface area contributed by atoms with Crippen LogP contribution in [-0.4, -0.2) is 6.61 Å². The molecule has 25 heavy (non-hydrogen) atoms. The van der Waals surface area contributed by atoms with Crippen molar-refractivity contribution in [2.45, 2.75) is 31.2 Å². The second-order valence-corrected chi connectivity index (χ2v) is 7.49. The Kier molecular flexibility index (Phi) is 4.28. The highest BCUT2D eigenvalue weighted by Gasteiger charge is 2.41. The summed E-state index contributed by atoms with van der Waals surface area (Å²) in [5, 5.41) is 3.45. The fourth-order valence-electron chi connectivity index (χ4n) is 3.85. The van der Waals surface area contributed by atoms with E-state index in [0.29, 0.717) is 12.2 Å². The maximum absolute atomic E-state index is 13.1. The van der Waals surface area contributed by atoms with Crippen LogP contribution < -0.4 is 5.32 Å². The van der Waals surface area contributed by atoms with Crippen molar-refractivity contribution in [3.05, 3.63) is 63.6 Å². The molecule has 0 bridgehead atoms. The summed E-state index contributed by atoms with van der Waals surface area (Å²) in [5.74, 6) is 0.117. The summed E-state index contributed by atoms with van der Waals surface area (Å²) >= 11 is 3.44. The minimum absolute atomic E-state index is 0.0302. The van der Waals surface area contributed by atoms with Crippen LogP contribution in [0, 0.1) is 5.92 Å². The molecule has 3 atom stereocenters. The van der Waals surface area contributed by atoms with Gasteiger partial charge in [-0.05, 0) is 48.7 Å². The van der Waals surface area contributed by atoms with Crippen molar-refractivity contribution in [2.24, 2.45) is 5.92 Å². The van der Waals surface area contributed by atoms with Gasteiger partial charge in [0.15, 0.2) is 0 Å². The van der Waals surface area contributed by atoms with Crippen molar-refractivity contribution in [1.29, 1.82) is 0 Å². The highest BCUT2D eigenvalue weighted by Crippen LogP contribution is 2.50. The zero-order chi connectivity index (χ0) is 17.6. The number of rotatable bonds is 1. The smallest absolute Gasteiger partial charge is 0.378 e. The van der Waals surface area contributed by atoms with Gasteiger partial charge in [-0.25, -0.2) is 0 Å². The van der Waals surface area contributed by atoms with Crippen LogP contribution in [0.5, 0.6) is 0 Å². The van der Waals surface area contributed by atoms with E-state index >= 15 is 0 Å². The normalized spacial score (nSPS) is 25.7. The topological polar surface area (TPSA) is 21.3 Å². The highest BCUT2D eigenvalue weighted by atomic mass is 79.9. The Hall–Kier alpha value is -1.53. The van der Waals surface area contributed by atoms with E-state index in [1.807, 2.05) is 24.3 Å². The average Bonchev–Trinajstić information content (AvgIpc) is 2.60. The van der Waals surface area contributed by atoms with Crippen LogP contribution in [0.1, 0.15) is 41.7 Å². The number of ether oxygens (including phenoxy) is 1. The lowest BCUT2D eigenvalue weighted by Crippen LogP contribution is -2.36. The summed E-state index contributed by atoms with van der Waals surface area (Å²) in [6.07, 6.45) is -2.80. The third kappa shape index (κ3) is 3.17. The summed E-state index contributed by atoms with van der Waals surface area (Å²) in [6.45, 7) is 0.587. The highest BCUT2D eigenvalue weighted by molar-refractivity contribution is 9.10. The van der Waals surface area contributed by atoms with Crippen molar-refractivity contribution in [3.8, 4) is 0 Å².